The summed E-state index contributed by atoms with van der Waals surface area (Å²) in [7, 11) is 1.79. The minimum absolute atomic E-state index is 0.213. The Labute approximate surface area is 117 Å². The van der Waals surface area contributed by atoms with Gasteiger partial charge in [-0.15, -0.1) is 0 Å². The largest absolute Gasteiger partial charge is 0.387 e. The van der Waals surface area contributed by atoms with E-state index in [0.29, 0.717) is 18.7 Å². The lowest BCUT2D eigenvalue weighted by Crippen LogP contribution is -2.26. The molecule has 2 N–H and O–H groups in total. The second-order valence-corrected chi connectivity index (χ2v) is 4.31. The number of hydrogen-bond acceptors (Lipinski definition) is 3. The fourth-order valence-electron chi connectivity index (χ4n) is 1.74. The second-order valence-electron chi connectivity index (χ2n) is 4.31. The van der Waals surface area contributed by atoms with E-state index >= 15 is 0 Å². The number of halogens is 1. The monoisotopic (exact) mass is 273 g/mol. The number of rotatable bonds is 5. The van der Waals surface area contributed by atoms with Crippen molar-refractivity contribution in [2.45, 2.75) is 6.42 Å². The molecule has 0 radical (unpaired) electrons. The van der Waals surface area contributed by atoms with Gasteiger partial charge in [-0.2, -0.15) is 0 Å². The van der Waals surface area contributed by atoms with Gasteiger partial charge in [0.2, 0.25) is 0 Å². The maximum Gasteiger partial charge on any atom is 0.269 e. The minimum atomic E-state index is -0.258. The van der Waals surface area contributed by atoms with Crippen molar-refractivity contribution >= 4 is 11.6 Å². The Balaban J connectivity index is 1.83. The van der Waals surface area contributed by atoms with Gasteiger partial charge < -0.3 is 10.6 Å². The highest BCUT2D eigenvalue weighted by Gasteiger charge is 2.06. The number of nitrogens with zero attached hydrogens (tertiary/aromatic N) is 1. The zero-order chi connectivity index (χ0) is 14.4. The molecule has 0 aliphatic carbocycles. The highest BCUT2D eigenvalue weighted by Crippen LogP contribution is 2.05. The van der Waals surface area contributed by atoms with E-state index in [9.17, 15) is 9.18 Å². The first kappa shape index (κ1) is 14.0. The number of carbonyl (C=O) groups is 1. The van der Waals surface area contributed by atoms with Crippen molar-refractivity contribution in [1.29, 1.82) is 0 Å². The van der Waals surface area contributed by atoms with Gasteiger partial charge in [0.25, 0.3) is 5.91 Å². The number of carbonyl (C=O) groups excluding carboxylic acids is 1. The number of nitrogens with one attached hydrogen (secondary N) is 2. The molecule has 104 valence electrons. The Hall–Kier alpha value is -2.43. The van der Waals surface area contributed by atoms with Crippen LogP contribution in [-0.2, 0) is 6.42 Å². The fourth-order valence-corrected chi connectivity index (χ4v) is 1.74. The molecular weight excluding hydrogens is 257 g/mol. The molecule has 1 aromatic heterocycles. The Kier molecular flexibility index (Phi) is 4.65. The van der Waals surface area contributed by atoms with Crippen LogP contribution in [0.5, 0.6) is 0 Å². The van der Waals surface area contributed by atoms with Gasteiger partial charge in [0.1, 0.15) is 11.5 Å². The molecule has 0 atom stereocenters. The van der Waals surface area contributed by atoms with E-state index in [1.165, 1.54) is 12.1 Å². The Bertz CT molecular complexity index is 567. The van der Waals surface area contributed by atoms with E-state index in [1.807, 2.05) is 0 Å². The van der Waals surface area contributed by atoms with E-state index in [1.54, 1.807) is 37.5 Å². The van der Waals surface area contributed by atoms with Gasteiger partial charge in [0, 0.05) is 13.6 Å². The van der Waals surface area contributed by atoms with Crippen LogP contribution in [-0.4, -0.2) is 24.5 Å². The molecule has 0 saturated carbocycles. The molecule has 5 heteroatoms. The Morgan fingerprint density at radius 3 is 2.55 bits per heavy atom. The number of hydrogen-bond donors (Lipinski definition) is 2. The van der Waals surface area contributed by atoms with Crippen molar-refractivity contribution in [1.82, 2.24) is 10.3 Å². The lowest BCUT2D eigenvalue weighted by Gasteiger charge is -2.06. The number of pyridine rings is 1. The zero-order valence-corrected chi connectivity index (χ0v) is 11.2. The van der Waals surface area contributed by atoms with Crippen molar-refractivity contribution in [3.8, 4) is 0 Å². The van der Waals surface area contributed by atoms with Gasteiger partial charge in [-0.05, 0) is 36.2 Å². The summed E-state index contributed by atoms with van der Waals surface area (Å²) >= 11 is 0. The van der Waals surface area contributed by atoms with Crippen molar-refractivity contribution in [3.63, 3.8) is 0 Å². The third kappa shape index (κ3) is 3.78. The number of amides is 1. The van der Waals surface area contributed by atoms with Crippen molar-refractivity contribution in [2.24, 2.45) is 0 Å². The van der Waals surface area contributed by atoms with Crippen molar-refractivity contribution in [2.75, 3.05) is 18.9 Å². The highest BCUT2D eigenvalue weighted by molar-refractivity contribution is 5.92. The molecule has 2 rings (SSSR count). The van der Waals surface area contributed by atoms with E-state index in [4.69, 9.17) is 0 Å². The van der Waals surface area contributed by atoms with E-state index in [0.717, 1.165) is 11.3 Å². The molecule has 2 aromatic rings. The van der Waals surface area contributed by atoms with E-state index in [-0.39, 0.29) is 11.7 Å². The van der Waals surface area contributed by atoms with Crippen LogP contribution in [0.1, 0.15) is 16.1 Å². The summed E-state index contributed by atoms with van der Waals surface area (Å²) in [5.41, 5.74) is 2.21. The molecule has 0 saturated heterocycles. The Morgan fingerprint density at radius 2 is 1.95 bits per heavy atom. The van der Waals surface area contributed by atoms with Gasteiger partial charge in [-0.3, -0.25) is 4.79 Å². The molecule has 0 aliphatic rings. The molecule has 0 fully saturated rings. The normalized spacial score (nSPS) is 10.1. The first-order chi connectivity index (χ1) is 9.69. The number of benzene rings is 1. The molecule has 1 heterocycles. The van der Waals surface area contributed by atoms with Crippen LogP contribution in [0, 0.1) is 5.82 Å². The van der Waals surface area contributed by atoms with E-state index in [2.05, 4.69) is 15.6 Å². The van der Waals surface area contributed by atoms with Crippen LogP contribution < -0.4 is 10.6 Å². The molecule has 0 bridgehead atoms. The molecule has 0 spiro atoms. The average molecular weight is 273 g/mol. The quantitative estimate of drug-likeness (QED) is 0.878. The predicted octanol–water partition coefficient (Wildman–Crippen LogP) is 2.23. The summed E-state index contributed by atoms with van der Waals surface area (Å²) in [6.07, 6.45) is 2.26. The van der Waals surface area contributed by atoms with Crippen LogP contribution in [0.2, 0.25) is 0 Å². The lowest BCUT2D eigenvalue weighted by atomic mass is 10.1. The average Bonchev–Trinajstić information content (AvgIpc) is 2.49. The second kappa shape index (κ2) is 6.65. The standard InChI is InChI=1S/C15H16FN3O/c1-17-13-6-7-14(19-10-13)15(20)18-9-8-11-2-4-12(16)5-3-11/h2-7,10,17H,8-9H2,1H3,(H,18,20). The summed E-state index contributed by atoms with van der Waals surface area (Å²) in [4.78, 5) is 15.9. The lowest BCUT2D eigenvalue weighted by molar-refractivity contribution is 0.0949. The first-order valence-electron chi connectivity index (χ1n) is 6.35. The first-order valence-corrected chi connectivity index (χ1v) is 6.35. The van der Waals surface area contributed by atoms with Crippen molar-refractivity contribution < 1.29 is 9.18 Å². The van der Waals surface area contributed by atoms with Crippen LogP contribution in [0.3, 0.4) is 0 Å². The van der Waals surface area contributed by atoms with Crippen LogP contribution in [0.25, 0.3) is 0 Å². The van der Waals surface area contributed by atoms with Gasteiger partial charge in [0.15, 0.2) is 0 Å². The summed E-state index contributed by atoms with van der Waals surface area (Å²) in [6, 6.07) is 9.70. The van der Waals surface area contributed by atoms with E-state index < -0.39 is 0 Å². The SMILES string of the molecule is CNc1ccc(C(=O)NCCc2ccc(F)cc2)nc1. The highest BCUT2D eigenvalue weighted by atomic mass is 19.1. The van der Waals surface area contributed by atoms with Gasteiger partial charge in [-0.25, -0.2) is 9.37 Å². The van der Waals surface area contributed by atoms with Crippen LogP contribution >= 0.6 is 0 Å². The van der Waals surface area contributed by atoms with Crippen LogP contribution in [0.15, 0.2) is 42.6 Å². The number of aromatic nitrogens is 1. The minimum Gasteiger partial charge on any atom is -0.387 e. The van der Waals surface area contributed by atoms with Gasteiger partial charge in [0.05, 0.1) is 11.9 Å². The molecule has 0 aliphatic heterocycles. The molecule has 20 heavy (non-hydrogen) atoms. The molecule has 1 amide bonds. The zero-order valence-electron chi connectivity index (χ0n) is 11.2. The summed E-state index contributed by atoms with van der Waals surface area (Å²) in [6.45, 7) is 0.486. The third-order valence-electron chi connectivity index (χ3n) is 2.90. The fraction of sp³-hybridized carbons (Fsp3) is 0.200. The summed E-state index contributed by atoms with van der Waals surface area (Å²) in [5, 5.41) is 5.72. The maximum atomic E-state index is 12.7. The van der Waals surface area contributed by atoms with Crippen molar-refractivity contribution in [3.05, 3.63) is 59.7 Å². The number of anilines is 1. The maximum absolute atomic E-state index is 12.7. The van der Waals surface area contributed by atoms with Gasteiger partial charge >= 0.3 is 0 Å². The molecule has 4 nitrogen and oxygen atoms in total. The third-order valence-corrected chi connectivity index (χ3v) is 2.90. The summed E-state index contributed by atoms with van der Waals surface area (Å²) < 4.78 is 12.7. The molecule has 1 aromatic carbocycles. The van der Waals surface area contributed by atoms with Gasteiger partial charge in [-0.1, -0.05) is 12.1 Å². The molecular formula is C15H16FN3O. The van der Waals surface area contributed by atoms with Crippen LogP contribution in [0.4, 0.5) is 10.1 Å². The smallest absolute Gasteiger partial charge is 0.269 e. The topological polar surface area (TPSA) is 54.0 Å². The predicted molar refractivity (Wildman–Crippen MR) is 76.2 cm³/mol. The molecule has 0 unspecified atom stereocenters. The summed E-state index contributed by atoms with van der Waals surface area (Å²) in [5.74, 6) is -0.471. The Morgan fingerprint density at radius 1 is 1.20 bits per heavy atom.